The smallest absolute Gasteiger partial charge is 0.246 e. The average Bonchev–Trinajstić information content (AvgIpc) is 3.19. The molecule has 3 rings (SSSR count). The second kappa shape index (κ2) is 5.35. The monoisotopic (exact) mass is 314 g/mol. The molecule has 7 nitrogen and oxygen atoms in total. The van der Waals surface area contributed by atoms with Gasteiger partial charge in [-0.2, -0.15) is 9.40 Å². The highest BCUT2D eigenvalue weighted by Gasteiger charge is 2.39. The van der Waals surface area contributed by atoms with E-state index in [4.69, 9.17) is 10.5 Å². The SMILES string of the molecule is CC1(CN)CCN(S(=O)(=O)c2cnn(C3CCOC3)c2)C1. The number of rotatable bonds is 4. The Labute approximate surface area is 125 Å². The molecule has 2 fully saturated rings. The van der Waals surface area contributed by atoms with E-state index in [1.54, 1.807) is 10.9 Å². The summed E-state index contributed by atoms with van der Waals surface area (Å²) in [4.78, 5) is 0.260. The first-order valence-corrected chi connectivity index (χ1v) is 8.71. The van der Waals surface area contributed by atoms with E-state index in [-0.39, 0.29) is 16.4 Å². The van der Waals surface area contributed by atoms with Crippen molar-refractivity contribution in [2.24, 2.45) is 11.1 Å². The molecule has 8 heteroatoms. The highest BCUT2D eigenvalue weighted by Crippen LogP contribution is 2.32. The van der Waals surface area contributed by atoms with Crippen molar-refractivity contribution in [3.05, 3.63) is 12.4 Å². The lowest BCUT2D eigenvalue weighted by Crippen LogP contribution is -2.34. The summed E-state index contributed by atoms with van der Waals surface area (Å²) in [5.41, 5.74) is 5.62. The van der Waals surface area contributed by atoms with E-state index in [0.717, 1.165) is 12.8 Å². The van der Waals surface area contributed by atoms with Gasteiger partial charge in [0.2, 0.25) is 10.0 Å². The summed E-state index contributed by atoms with van der Waals surface area (Å²) in [6, 6.07) is 0.141. The van der Waals surface area contributed by atoms with Crippen molar-refractivity contribution in [2.75, 3.05) is 32.8 Å². The molecule has 3 heterocycles. The lowest BCUT2D eigenvalue weighted by atomic mass is 9.90. The fourth-order valence-corrected chi connectivity index (χ4v) is 4.42. The molecule has 2 aliphatic rings. The van der Waals surface area contributed by atoms with Crippen LogP contribution in [0.15, 0.2) is 17.3 Å². The molecule has 0 saturated carbocycles. The fourth-order valence-electron chi connectivity index (χ4n) is 2.88. The van der Waals surface area contributed by atoms with Crippen molar-refractivity contribution >= 4 is 10.0 Å². The molecular weight excluding hydrogens is 292 g/mol. The van der Waals surface area contributed by atoms with Gasteiger partial charge in [-0.05, 0) is 24.8 Å². The Morgan fingerprint density at radius 3 is 3.00 bits per heavy atom. The van der Waals surface area contributed by atoms with Crippen LogP contribution in [0.2, 0.25) is 0 Å². The van der Waals surface area contributed by atoms with Crippen LogP contribution in [-0.4, -0.2) is 55.4 Å². The first-order valence-electron chi connectivity index (χ1n) is 7.27. The van der Waals surface area contributed by atoms with Gasteiger partial charge in [-0.3, -0.25) is 4.68 Å². The zero-order valence-electron chi connectivity index (χ0n) is 12.2. The Kier molecular flexibility index (Phi) is 3.81. The number of nitrogens with two attached hydrogens (primary N) is 1. The molecule has 0 radical (unpaired) electrons. The molecule has 0 bridgehead atoms. The molecule has 118 valence electrons. The zero-order chi connectivity index (χ0) is 15.1. The Hall–Kier alpha value is -0.960. The van der Waals surface area contributed by atoms with Crippen LogP contribution in [0.5, 0.6) is 0 Å². The van der Waals surface area contributed by atoms with E-state index >= 15 is 0 Å². The zero-order valence-corrected chi connectivity index (χ0v) is 13.1. The average molecular weight is 314 g/mol. The Morgan fingerprint density at radius 2 is 2.38 bits per heavy atom. The van der Waals surface area contributed by atoms with Gasteiger partial charge in [0, 0.05) is 25.9 Å². The Bertz CT molecular complexity index is 609. The van der Waals surface area contributed by atoms with Crippen LogP contribution >= 0.6 is 0 Å². The van der Waals surface area contributed by atoms with Crippen molar-refractivity contribution in [3.8, 4) is 0 Å². The van der Waals surface area contributed by atoms with Crippen molar-refractivity contribution < 1.29 is 13.2 Å². The summed E-state index contributed by atoms with van der Waals surface area (Å²) >= 11 is 0. The van der Waals surface area contributed by atoms with Gasteiger partial charge in [0.1, 0.15) is 4.90 Å². The molecular formula is C13H22N4O3S. The van der Waals surface area contributed by atoms with E-state index in [2.05, 4.69) is 5.10 Å². The molecule has 2 saturated heterocycles. The maximum atomic E-state index is 12.7. The lowest BCUT2D eigenvalue weighted by molar-refractivity contribution is 0.184. The molecule has 0 spiro atoms. The van der Waals surface area contributed by atoms with Crippen molar-refractivity contribution in [1.82, 2.24) is 14.1 Å². The molecule has 1 aromatic heterocycles. The lowest BCUT2D eigenvalue weighted by Gasteiger charge is -2.21. The number of ether oxygens (including phenoxy) is 1. The Balaban J connectivity index is 1.79. The third-order valence-electron chi connectivity index (χ3n) is 4.51. The van der Waals surface area contributed by atoms with E-state index < -0.39 is 10.0 Å². The highest BCUT2D eigenvalue weighted by molar-refractivity contribution is 7.89. The third kappa shape index (κ3) is 2.73. The minimum atomic E-state index is -3.47. The summed E-state index contributed by atoms with van der Waals surface area (Å²) in [7, 11) is -3.47. The summed E-state index contributed by atoms with van der Waals surface area (Å²) in [5.74, 6) is 0. The van der Waals surface area contributed by atoms with Gasteiger partial charge in [0.15, 0.2) is 0 Å². The van der Waals surface area contributed by atoms with Crippen LogP contribution in [0.25, 0.3) is 0 Å². The molecule has 2 unspecified atom stereocenters. The summed E-state index contributed by atoms with van der Waals surface area (Å²) in [6.07, 6.45) is 4.72. The van der Waals surface area contributed by atoms with Crippen molar-refractivity contribution in [1.29, 1.82) is 0 Å². The predicted molar refractivity (Wildman–Crippen MR) is 77.2 cm³/mol. The summed E-state index contributed by atoms with van der Waals surface area (Å²) in [6.45, 7) is 4.82. The predicted octanol–water partition coefficient (Wildman–Crippen LogP) is 0.204. The number of nitrogens with zero attached hydrogens (tertiary/aromatic N) is 3. The van der Waals surface area contributed by atoms with Crippen LogP contribution < -0.4 is 5.73 Å². The topological polar surface area (TPSA) is 90.5 Å². The summed E-state index contributed by atoms with van der Waals surface area (Å²) in [5, 5.41) is 4.20. The number of hydrogen-bond donors (Lipinski definition) is 1. The van der Waals surface area contributed by atoms with Gasteiger partial charge in [0.05, 0.1) is 18.8 Å². The highest BCUT2D eigenvalue weighted by atomic mass is 32.2. The molecule has 0 amide bonds. The normalized spacial score (nSPS) is 31.0. The standard InChI is InChI=1S/C13H22N4O3S/c1-13(9-14)3-4-16(10-13)21(18,19)12-6-15-17(7-12)11-2-5-20-8-11/h6-7,11H,2-5,8-10,14H2,1H3. The van der Waals surface area contributed by atoms with E-state index in [1.165, 1.54) is 10.5 Å². The van der Waals surface area contributed by atoms with Gasteiger partial charge >= 0.3 is 0 Å². The van der Waals surface area contributed by atoms with Gasteiger partial charge in [-0.15, -0.1) is 0 Å². The van der Waals surface area contributed by atoms with Gasteiger partial charge in [-0.1, -0.05) is 6.92 Å². The summed E-state index contributed by atoms with van der Waals surface area (Å²) < 4.78 is 33.9. The van der Waals surface area contributed by atoms with Crippen LogP contribution in [0.4, 0.5) is 0 Å². The van der Waals surface area contributed by atoms with Gasteiger partial charge < -0.3 is 10.5 Å². The minimum Gasteiger partial charge on any atom is -0.379 e. The van der Waals surface area contributed by atoms with Crippen LogP contribution in [0.3, 0.4) is 0 Å². The van der Waals surface area contributed by atoms with E-state index in [0.29, 0.717) is 32.8 Å². The maximum absolute atomic E-state index is 12.7. The maximum Gasteiger partial charge on any atom is 0.246 e. The van der Waals surface area contributed by atoms with Crippen LogP contribution in [-0.2, 0) is 14.8 Å². The van der Waals surface area contributed by atoms with Gasteiger partial charge in [0.25, 0.3) is 0 Å². The molecule has 0 aromatic carbocycles. The molecule has 2 N–H and O–H groups in total. The first-order chi connectivity index (χ1) is 9.94. The number of hydrogen-bond acceptors (Lipinski definition) is 5. The Morgan fingerprint density at radius 1 is 1.57 bits per heavy atom. The molecule has 2 aliphatic heterocycles. The van der Waals surface area contributed by atoms with Crippen LogP contribution in [0.1, 0.15) is 25.8 Å². The number of aromatic nitrogens is 2. The van der Waals surface area contributed by atoms with Crippen LogP contribution in [0, 0.1) is 5.41 Å². The first kappa shape index (κ1) is 15.0. The molecule has 0 aliphatic carbocycles. The fraction of sp³-hybridized carbons (Fsp3) is 0.769. The van der Waals surface area contributed by atoms with Crippen molar-refractivity contribution in [2.45, 2.75) is 30.7 Å². The second-order valence-electron chi connectivity index (χ2n) is 6.28. The molecule has 21 heavy (non-hydrogen) atoms. The quantitative estimate of drug-likeness (QED) is 0.857. The molecule has 2 atom stereocenters. The largest absolute Gasteiger partial charge is 0.379 e. The third-order valence-corrected chi connectivity index (χ3v) is 6.31. The second-order valence-corrected chi connectivity index (χ2v) is 8.21. The van der Waals surface area contributed by atoms with Crippen molar-refractivity contribution in [3.63, 3.8) is 0 Å². The molecule has 1 aromatic rings. The van der Waals surface area contributed by atoms with E-state index in [9.17, 15) is 8.42 Å². The van der Waals surface area contributed by atoms with Gasteiger partial charge in [-0.25, -0.2) is 8.42 Å². The minimum absolute atomic E-state index is 0.123. The van der Waals surface area contributed by atoms with E-state index in [1.807, 2.05) is 6.92 Å². The number of sulfonamides is 1.